The van der Waals surface area contributed by atoms with Crippen LogP contribution in [0, 0.1) is 0 Å². The van der Waals surface area contributed by atoms with E-state index in [0.717, 1.165) is 36.2 Å². The van der Waals surface area contributed by atoms with Crippen molar-refractivity contribution in [2.24, 2.45) is 0 Å². The normalized spacial score (nSPS) is 22.0. The van der Waals surface area contributed by atoms with Crippen LogP contribution in [-0.4, -0.2) is 19.3 Å². The van der Waals surface area contributed by atoms with Crippen molar-refractivity contribution in [3.63, 3.8) is 0 Å². The lowest BCUT2D eigenvalue weighted by Gasteiger charge is -2.24. The van der Waals surface area contributed by atoms with Crippen LogP contribution in [0.2, 0.25) is 0 Å². The quantitative estimate of drug-likeness (QED) is 0.860. The van der Waals surface area contributed by atoms with Crippen LogP contribution in [-0.2, 0) is 4.74 Å². The molecule has 2 rings (SSSR count). The van der Waals surface area contributed by atoms with Crippen LogP contribution in [0.1, 0.15) is 50.8 Å². The molecule has 0 spiro atoms. The molecule has 1 N–H and O–H groups in total. The second-order valence-electron chi connectivity index (χ2n) is 4.81. The zero-order valence-electron chi connectivity index (χ0n) is 11.0. The Bertz CT molecular complexity index is 347. The summed E-state index contributed by atoms with van der Waals surface area (Å²) in [6.07, 6.45) is 8.07. The summed E-state index contributed by atoms with van der Waals surface area (Å²) in [4.78, 5) is 0. The van der Waals surface area contributed by atoms with E-state index in [-0.39, 0.29) is 6.04 Å². The molecule has 0 aliphatic carbocycles. The van der Waals surface area contributed by atoms with Crippen molar-refractivity contribution in [3.05, 3.63) is 22.6 Å². The third-order valence-electron chi connectivity index (χ3n) is 3.46. The predicted octanol–water partition coefficient (Wildman–Crippen LogP) is 4.04. The highest BCUT2D eigenvalue weighted by Crippen LogP contribution is 2.29. The van der Waals surface area contributed by atoms with E-state index in [1.165, 1.54) is 19.3 Å². The predicted molar refractivity (Wildman–Crippen MR) is 75.7 cm³/mol. The van der Waals surface area contributed by atoms with Crippen molar-refractivity contribution >= 4 is 15.9 Å². The van der Waals surface area contributed by atoms with Crippen molar-refractivity contribution < 1.29 is 9.15 Å². The fourth-order valence-electron chi connectivity index (χ4n) is 2.51. The van der Waals surface area contributed by atoms with Crippen LogP contribution >= 0.6 is 15.9 Å². The van der Waals surface area contributed by atoms with Crippen molar-refractivity contribution in [2.45, 2.75) is 51.2 Å². The van der Waals surface area contributed by atoms with Crippen molar-refractivity contribution in [1.29, 1.82) is 0 Å². The topological polar surface area (TPSA) is 34.4 Å². The van der Waals surface area contributed by atoms with E-state index in [1.807, 2.05) is 6.07 Å². The summed E-state index contributed by atoms with van der Waals surface area (Å²) in [7, 11) is 0. The Labute approximate surface area is 117 Å². The van der Waals surface area contributed by atoms with E-state index >= 15 is 0 Å². The molecule has 2 heterocycles. The lowest BCUT2D eigenvalue weighted by Crippen LogP contribution is -2.24. The van der Waals surface area contributed by atoms with Crippen LogP contribution in [0.3, 0.4) is 0 Å². The van der Waals surface area contributed by atoms with Crippen molar-refractivity contribution in [1.82, 2.24) is 5.32 Å². The van der Waals surface area contributed by atoms with Crippen LogP contribution < -0.4 is 5.32 Å². The Balaban J connectivity index is 1.88. The molecule has 1 aromatic heterocycles. The summed E-state index contributed by atoms with van der Waals surface area (Å²) in [5.41, 5.74) is 0. The molecule has 4 heteroatoms. The maximum atomic E-state index is 5.78. The second-order valence-corrected chi connectivity index (χ2v) is 5.66. The molecule has 0 radical (unpaired) electrons. The number of hydrogen-bond donors (Lipinski definition) is 1. The summed E-state index contributed by atoms with van der Waals surface area (Å²) in [5.74, 6) is 1.01. The Kier molecular flexibility index (Phi) is 5.73. The second kappa shape index (κ2) is 7.31. The Morgan fingerprint density at radius 1 is 1.50 bits per heavy atom. The van der Waals surface area contributed by atoms with Crippen LogP contribution in [0.25, 0.3) is 0 Å². The Morgan fingerprint density at radius 3 is 3.00 bits per heavy atom. The molecule has 0 bridgehead atoms. The minimum atomic E-state index is 0.282. The third-order valence-corrected chi connectivity index (χ3v) is 4.12. The molecule has 0 aromatic carbocycles. The first-order valence-electron chi connectivity index (χ1n) is 6.89. The number of hydrogen-bond acceptors (Lipinski definition) is 3. The summed E-state index contributed by atoms with van der Waals surface area (Å²) >= 11 is 3.54. The molecule has 1 aliphatic rings. The van der Waals surface area contributed by atoms with Crippen molar-refractivity contribution in [2.75, 3.05) is 13.2 Å². The summed E-state index contributed by atoms with van der Waals surface area (Å²) in [6, 6.07) is 2.24. The monoisotopic (exact) mass is 315 g/mol. The molecule has 3 nitrogen and oxygen atoms in total. The van der Waals surface area contributed by atoms with Gasteiger partial charge in [0.15, 0.2) is 0 Å². The maximum absolute atomic E-state index is 5.78. The molecule has 1 aliphatic heterocycles. The van der Waals surface area contributed by atoms with Gasteiger partial charge < -0.3 is 14.5 Å². The van der Waals surface area contributed by atoms with E-state index in [9.17, 15) is 0 Å². The largest absolute Gasteiger partial charge is 0.466 e. The molecule has 102 valence electrons. The van der Waals surface area contributed by atoms with Crippen LogP contribution in [0.5, 0.6) is 0 Å². The molecule has 2 atom stereocenters. The van der Waals surface area contributed by atoms with Crippen LogP contribution in [0.15, 0.2) is 21.2 Å². The average Bonchev–Trinajstić information content (AvgIpc) is 2.82. The molecule has 1 saturated heterocycles. The molecule has 1 aromatic rings. The van der Waals surface area contributed by atoms with Gasteiger partial charge in [-0.05, 0) is 60.6 Å². The SMILES string of the molecule is CCNC(CCC1CCCCO1)c1occc1Br. The summed E-state index contributed by atoms with van der Waals surface area (Å²) < 4.78 is 12.4. The maximum Gasteiger partial charge on any atom is 0.134 e. The molecule has 0 saturated carbocycles. The van der Waals surface area contributed by atoms with Gasteiger partial charge in [0.2, 0.25) is 0 Å². The van der Waals surface area contributed by atoms with E-state index < -0.39 is 0 Å². The Hall–Kier alpha value is -0.320. The fraction of sp³-hybridized carbons (Fsp3) is 0.714. The molecular weight excluding hydrogens is 294 g/mol. The minimum absolute atomic E-state index is 0.282. The summed E-state index contributed by atoms with van der Waals surface area (Å²) in [6.45, 7) is 4.01. The number of nitrogens with one attached hydrogen (secondary N) is 1. The smallest absolute Gasteiger partial charge is 0.134 e. The zero-order valence-corrected chi connectivity index (χ0v) is 12.5. The molecule has 1 fully saturated rings. The first-order chi connectivity index (χ1) is 8.81. The number of rotatable bonds is 6. The van der Waals surface area contributed by atoms with Gasteiger partial charge in [0.05, 0.1) is 22.9 Å². The zero-order chi connectivity index (χ0) is 12.8. The molecular formula is C14H22BrNO2. The van der Waals surface area contributed by atoms with E-state index in [2.05, 4.69) is 28.2 Å². The first kappa shape index (κ1) is 14.1. The average molecular weight is 316 g/mol. The molecule has 0 amide bonds. The van der Waals surface area contributed by atoms with Gasteiger partial charge in [-0.25, -0.2) is 0 Å². The Morgan fingerprint density at radius 2 is 2.39 bits per heavy atom. The number of ether oxygens (including phenoxy) is 1. The fourth-order valence-corrected chi connectivity index (χ4v) is 2.99. The highest BCUT2D eigenvalue weighted by atomic mass is 79.9. The van der Waals surface area contributed by atoms with Crippen molar-refractivity contribution in [3.8, 4) is 0 Å². The van der Waals surface area contributed by atoms with Gasteiger partial charge in [-0.3, -0.25) is 0 Å². The van der Waals surface area contributed by atoms with Gasteiger partial charge >= 0.3 is 0 Å². The van der Waals surface area contributed by atoms with E-state index in [0.29, 0.717) is 6.10 Å². The number of halogens is 1. The standard InChI is InChI=1S/C14H22BrNO2/c1-2-16-13(14-12(15)8-10-18-14)7-6-11-5-3-4-9-17-11/h8,10-11,13,16H,2-7,9H2,1H3. The van der Waals surface area contributed by atoms with Gasteiger partial charge in [-0.1, -0.05) is 6.92 Å². The van der Waals surface area contributed by atoms with Crippen LogP contribution in [0.4, 0.5) is 0 Å². The third kappa shape index (κ3) is 3.84. The molecule has 2 unspecified atom stereocenters. The highest BCUT2D eigenvalue weighted by molar-refractivity contribution is 9.10. The lowest BCUT2D eigenvalue weighted by atomic mass is 10.0. The van der Waals surface area contributed by atoms with Gasteiger partial charge in [-0.2, -0.15) is 0 Å². The lowest BCUT2D eigenvalue weighted by molar-refractivity contribution is 0.00822. The highest BCUT2D eigenvalue weighted by Gasteiger charge is 2.20. The van der Waals surface area contributed by atoms with Gasteiger partial charge in [-0.15, -0.1) is 0 Å². The van der Waals surface area contributed by atoms with E-state index in [4.69, 9.17) is 9.15 Å². The minimum Gasteiger partial charge on any atom is -0.466 e. The number of furan rings is 1. The molecule has 18 heavy (non-hydrogen) atoms. The van der Waals surface area contributed by atoms with Gasteiger partial charge in [0.25, 0.3) is 0 Å². The first-order valence-corrected chi connectivity index (χ1v) is 7.68. The van der Waals surface area contributed by atoms with E-state index in [1.54, 1.807) is 6.26 Å². The van der Waals surface area contributed by atoms with Gasteiger partial charge in [0.1, 0.15) is 5.76 Å². The van der Waals surface area contributed by atoms with Gasteiger partial charge in [0, 0.05) is 6.61 Å². The summed E-state index contributed by atoms with van der Waals surface area (Å²) in [5, 5.41) is 3.49.